The molecule has 0 aliphatic rings. The van der Waals surface area contributed by atoms with E-state index in [0.717, 1.165) is 12.0 Å². The minimum atomic E-state index is -0.561. The number of aromatic hydroxyl groups is 1. The Morgan fingerprint density at radius 2 is 2.07 bits per heavy atom. The van der Waals surface area contributed by atoms with E-state index in [9.17, 15) is 4.39 Å². The third-order valence-electron chi connectivity index (χ3n) is 2.33. The number of phenols is 1. The molecule has 0 fully saturated rings. The summed E-state index contributed by atoms with van der Waals surface area (Å²) in [6.45, 7) is 4.08. The zero-order chi connectivity index (χ0) is 10.8. The number of hydrogen-bond acceptors (Lipinski definition) is 2. The Morgan fingerprint density at radius 3 is 2.57 bits per heavy atom. The normalized spacial score (nSPS) is 11.7. The van der Waals surface area contributed by atoms with E-state index in [0.29, 0.717) is 0 Å². The molecule has 0 bridgehead atoms. The van der Waals surface area contributed by atoms with Crippen LogP contribution in [-0.4, -0.2) is 17.7 Å². The lowest BCUT2D eigenvalue weighted by Gasteiger charge is -2.24. The summed E-state index contributed by atoms with van der Waals surface area (Å²) in [7, 11) is 1.87. The van der Waals surface area contributed by atoms with Gasteiger partial charge in [0.1, 0.15) is 0 Å². The largest absolute Gasteiger partial charge is 0.505 e. The summed E-state index contributed by atoms with van der Waals surface area (Å²) in [6.07, 6.45) is 0.723. The molecule has 0 saturated carbocycles. The quantitative estimate of drug-likeness (QED) is 0.777. The lowest BCUT2D eigenvalue weighted by atomic mass is 9.95. The predicted molar refractivity (Wildman–Crippen MR) is 54.9 cm³/mol. The van der Waals surface area contributed by atoms with Gasteiger partial charge in [-0.1, -0.05) is 6.07 Å². The minimum absolute atomic E-state index is 0.0661. The fourth-order valence-corrected chi connectivity index (χ4v) is 1.26. The number of phenolic OH excluding ortho intramolecular Hbond substituents is 1. The van der Waals surface area contributed by atoms with Crippen molar-refractivity contribution < 1.29 is 9.50 Å². The average molecular weight is 197 g/mol. The molecule has 0 aliphatic heterocycles. The van der Waals surface area contributed by atoms with Gasteiger partial charge >= 0.3 is 0 Å². The molecule has 78 valence electrons. The maximum atomic E-state index is 13.0. The topological polar surface area (TPSA) is 32.3 Å². The van der Waals surface area contributed by atoms with E-state index in [1.54, 1.807) is 6.07 Å². The van der Waals surface area contributed by atoms with E-state index in [1.165, 1.54) is 12.1 Å². The van der Waals surface area contributed by atoms with Crippen LogP contribution in [0.15, 0.2) is 18.2 Å². The maximum Gasteiger partial charge on any atom is 0.165 e. The molecule has 0 unspecified atom stereocenters. The molecule has 0 amide bonds. The predicted octanol–water partition coefficient (Wildman–Crippen LogP) is 2.07. The first-order chi connectivity index (χ1) is 6.44. The van der Waals surface area contributed by atoms with Gasteiger partial charge in [-0.25, -0.2) is 4.39 Å². The summed E-state index contributed by atoms with van der Waals surface area (Å²) in [6, 6.07) is 4.49. The molecule has 1 aromatic carbocycles. The van der Waals surface area contributed by atoms with Crippen LogP contribution in [0, 0.1) is 5.82 Å². The lowest BCUT2D eigenvalue weighted by Crippen LogP contribution is -2.38. The molecule has 0 atom stereocenters. The van der Waals surface area contributed by atoms with Gasteiger partial charge in [-0.3, -0.25) is 0 Å². The number of nitrogens with one attached hydrogen (secondary N) is 1. The highest BCUT2D eigenvalue weighted by molar-refractivity contribution is 5.28. The molecule has 2 nitrogen and oxygen atoms in total. The van der Waals surface area contributed by atoms with E-state index in [2.05, 4.69) is 5.32 Å². The van der Waals surface area contributed by atoms with Crippen LogP contribution in [-0.2, 0) is 6.42 Å². The Labute approximate surface area is 83.8 Å². The smallest absolute Gasteiger partial charge is 0.165 e. The lowest BCUT2D eigenvalue weighted by molar-refractivity contribution is 0.415. The third-order valence-corrected chi connectivity index (χ3v) is 2.33. The maximum absolute atomic E-state index is 13.0. The van der Waals surface area contributed by atoms with Crippen molar-refractivity contribution in [2.45, 2.75) is 25.8 Å². The standard InChI is InChI=1S/C11H16FNO/c1-11(2,13-3)7-8-4-5-10(14)9(12)6-8/h4-6,13-14H,7H2,1-3H3. The second-order valence-corrected chi connectivity index (χ2v) is 4.10. The van der Waals surface area contributed by atoms with Crippen molar-refractivity contribution in [3.05, 3.63) is 29.6 Å². The number of hydrogen-bond donors (Lipinski definition) is 2. The fraction of sp³-hybridized carbons (Fsp3) is 0.455. The van der Waals surface area contributed by atoms with Gasteiger partial charge in [-0.05, 0) is 45.0 Å². The summed E-state index contributed by atoms with van der Waals surface area (Å²) in [5.74, 6) is -0.856. The molecule has 0 radical (unpaired) electrons. The molecular weight excluding hydrogens is 181 g/mol. The number of benzene rings is 1. The highest BCUT2D eigenvalue weighted by atomic mass is 19.1. The van der Waals surface area contributed by atoms with Crippen LogP contribution in [0.3, 0.4) is 0 Å². The van der Waals surface area contributed by atoms with E-state index < -0.39 is 5.82 Å². The van der Waals surface area contributed by atoms with Gasteiger partial charge in [0.2, 0.25) is 0 Å². The molecule has 0 spiro atoms. The van der Waals surface area contributed by atoms with E-state index in [4.69, 9.17) is 5.11 Å². The molecule has 1 aromatic rings. The van der Waals surface area contributed by atoms with Crippen molar-refractivity contribution in [2.75, 3.05) is 7.05 Å². The van der Waals surface area contributed by atoms with Crippen molar-refractivity contribution in [1.29, 1.82) is 0 Å². The van der Waals surface area contributed by atoms with Crippen molar-refractivity contribution in [1.82, 2.24) is 5.32 Å². The summed E-state index contributed by atoms with van der Waals surface area (Å²) >= 11 is 0. The highest BCUT2D eigenvalue weighted by Crippen LogP contribution is 2.19. The van der Waals surface area contributed by atoms with Gasteiger partial charge in [0, 0.05) is 5.54 Å². The summed E-state index contributed by atoms with van der Waals surface area (Å²) in [5.41, 5.74) is 0.809. The first-order valence-corrected chi connectivity index (χ1v) is 4.61. The Morgan fingerprint density at radius 1 is 1.43 bits per heavy atom. The summed E-state index contributed by atoms with van der Waals surface area (Å²) < 4.78 is 13.0. The zero-order valence-electron chi connectivity index (χ0n) is 8.76. The molecule has 0 heterocycles. The Hall–Kier alpha value is -1.09. The fourth-order valence-electron chi connectivity index (χ4n) is 1.26. The van der Waals surface area contributed by atoms with Crippen LogP contribution in [0.1, 0.15) is 19.4 Å². The van der Waals surface area contributed by atoms with Crippen LogP contribution in [0.5, 0.6) is 5.75 Å². The average Bonchev–Trinajstić information content (AvgIpc) is 2.11. The van der Waals surface area contributed by atoms with Crippen molar-refractivity contribution in [3.8, 4) is 5.75 Å². The molecule has 0 saturated heterocycles. The molecule has 2 N–H and O–H groups in total. The van der Waals surface area contributed by atoms with Crippen LogP contribution in [0.25, 0.3) is 0 Å². The van der Waals surface area contributed by atoms with E-state index in [-0.39, 0.29) is 11.3 Å². The molecule has 1 rings (SSSR count). The van der Waals surface area contributed by atoms with Gasteiger partial charge in [0.05, 0.1) is 0 Å². The molecular formula is C11H16FNO. The van der Waals surface area contributed by atoms with E-state index >= 15 is 0 Å². The second-order valence-electron chi connectivity index (χ2n) is 4.10. The van der Waals surface area contributed by atoms with Crippen LogP contribution < -0.4 is 5.32 Å². The first kappa shape index (κ1) is 11.0. The first-order valence-electron chi connectivity index (χ1n) is 4.61. The Balaban J connectivity index is 2.83. The molecule has 3 heteroatoms. The highest BCUT2D eigenvalue weighted by Gasteiger charge is 2.15. The number of likely N-dealkylation sites (N-methyl/N-ethyl adjacent to an activating group) is 1. The zero-order valence-corrected chi connectivity index (χ0v) is 8.76. The van der Waals surface area contributed by atoms with Gasteiger partial charge < -0.3 is 10.4 Å². The number of halogens is 1. The summed E-state index contributed by atoms with van der Waals surface area (Å²) in [5, 5.41) is 12.1. The van der Waals surface area contributed by atoms with Gasteiger partial charge in [0.15, 0.2) is 11.6 Å². The monoisotopic (exact) mass is 197 g/mol. The van der Waals surface area contributed by atoms with Gasteiger partial charge in [-0.15, -0.1) is 0 Å². The van der Waals surface area contributed by atoms with Crippen LogP contribution in [0.4, 0.5) is 4.39 Å². The van der Waals surface area contributed by atoms with Crippen molar-refractivity contribution in [3.63, 3.8) is 0 Å². The minimum Gasteiger partial charge on any atom is -0.505 e. The summed E-state index contributed by atoms with van der Waals surface area (Å²) in [4.78, 5) is 0. The molecule has 14 heavy (non-hydrogen) atoms. The van der Waals surface area contributed by atoms with Crippen molar-refractivity contribution in [2.24, 2.45) is 0 Å². The van der Waals surface area contributed by atoms with Gasteiger partial charge in [0.25, 0.3) is 0 Å². The van der Waals surface area contributed by atoms with Crippen LogP contribution >= 0.6 is 0 Å². The third kappa shape index (κ3) is 2.70. The number of rotatable bonds is 3. The Kier molecular flexibility index (Phi) is 3.11. The van der Waals surface area contributed by atoms with E-state index in [1.807, 2.05) is 20.9 Å². The van der Waals surface area contributed by atoms with Crippen molar-refractivity contribution >= 4 is 0 Å². The second kappa shape index (κ2) is 3.96. The molecule has 0 aliphatic carbocycles. The van der Waals surface area contributed by atoms with Crippen LogP contribution in [0.2, 0.25) is 0 Å². The van der Waals surface area contributed by atoms with Gasteiger partial charge in [-0.2, -0.15) is 0 Å². The molecule has 0 aromatic heterocycles. The SMILES string of the molecule is CNC(C)(C)Cc1ccc(O)c(F)c1. The Bertz CT molecular complexity index is 323.